The van der Waals surface area contributed by atoms with Crippen molar-refractivity contribution in [3.05, 3.63) is 77.0 Å². The number of aryl methyl sites for hydroxylation is 1. The van der Waals surface area contributed by atoms with E-state index >= 15 is 0 Å². The Hall–Kier alpha value is -3.44. The second-order valence-corrected chi connectivity index (χ2v) is 8.50. The molecule has 1 aromatic heterocycles. The summed E-state index contributed by atoms with van der Waals surface area (Å²) in [6.07, 6.45) is 0.970. The van der Waals surface area contributed by atoms with Crippen molar-refractivity contribution >= 4 is 11.0 Å². The van der Waals surface area contributed by atoms with Crippen LogP contribution in [0.25, 0.3) is 22.1 Å². The van der Waals surface area contributed by atoms with Crippen LogP contribution < -0.4 is 14.2 Å². The maximum absolute atomic E-state index is 6.19. The van der Waals surface area contributed by atoms with Gasteiger partial charge in [0.25, 0.3) is 0 Å². The number of hydrogen-bond acceptors (Lipinski definition) is 5. The SMILES string of the molecule is COc1cc2c(-c3ccccc3)c(C)oc2cc1CN1CCc2cc(OC)c(OC)cc2C1. The molecule has 0 bridgehead atoms. The highest BCUT2D eigenvalue weighted by molar-refractivity contribution is 5.97. The van der Waals surface area contributed by atoms with Gasteiger partial charge in [-0.2, -0.15) is 0 Å². The van der Waals surface area contributed by atoms with Crippen molar-refractivity contribution in [1.29, 1.82) is 0 Å². The molecule has 5 nitrogen and oxygen atoms in total. The molecule has 0 unspecified atom stereocenters. The second-order valence-electron chi connectivity index (χ2n) is 8.50. The maximum Gasteiger partial charge on any atom is 0.161 e. The summed E-state index contributed by atoms with van der Waals surface area (Å²) in [7, 11) is 5.10. The van der Waals surface area contributed by atoms with Gasteiger partial charge in [-0.1, -0.05) is 30.3 Å². The number of ether oxygens (including phenoxy) is 3. The molecule has 1 aliphatic heterocycles. The van der Waals surface area contributed by atoms with E-state index in [-0.39, 0.29) is 0 Å². The van der Waals surface area contributed by atoms with E-state index in [0.717, 1.165) is 76.7 Å². The minimum Gasteiger partial charge on any atom is -0.496 e. The van der Waals surface area contributed by atoms with Crippen molar-refractivity contribution in [2.45, 2.75) is 26.4 Å². The Morgan fingerprint density at radius 2 is 1.55 bits per heavy atom. The number of rotatable bonds is 6. The molecular formula is C28H29NO4. The molecule has 0 saturated heterocycles. The second kappa shape index (κ2) is 8.83. The van der Waals surface area contributed by atoms with Gasteiger partial charge in [-0.3, -0.25) is 4.90 Å². The third kappa shape index (κ3) is 3.93. The molecule has 1 aliphatic rings. The summed E-state index contributed by atoms with van der Waals surface area (Å²) < 4.78 is 23.0. The van der Waals surface area contributed by atoms with Gasteiger partial charge >= 0.3 is 0 Å². The molecule has 3 aromatic carbocycles. The fourth-order valence-electron chi connectivity index (χ4n) is 4.88. The van der Waals surface area contributed by atoms with E-state index in [1.807, 2.05) is 13.0 Å². The lowest BCUT2D eigenvalue weighted by Gasteiger charge is -2.30. The number of hydrogen-bond donors (Lipinski definition) is 0. The Labute approximate surface area is 194 Å². The quantitative estimate of drug-likeness (QED) is 0.366. The number of benzene rings is 3. The summed E-state index contributed by atoms with van der Waals surface area (Å²) in [5.74, 6) is 3.37. The van der Waals surface area contributed by atoms with Gasteiger partial charge in [0.2, 0.25) is 0 Å². The first-order valence-corrected chi connectivity index (χ1v) is 11.2. The maximum atomic E-state index is 6.19. The van der Waals surface area contributed by atoms with Crippen molar-refractivity contribution in [2.24, 2.45) is 0 Å². The Morgan fingerprint density at radius 3 is 2.24 bits per heavy atom. The molecule has 2 heterocycles. The highest BCUT2D eigenvalue weighted by Gasteiger charge is 2.22. The van der Waals surface area contributed by atoms with Crippen molar-refractivity contribution in [3.63, 3.8) is 0 Å². The van der Waals surface area contributed by atoms with E-state index in [1.165, 1.54) is 11.1 Å². The molecule has 0 atom stereocenters. The van der Waals surface area contributed by atoms with E-state index in [0.29, 0.717) is 0 Å². The average Bonchev–Trinajstić information content (AvgIpc) is 3.17. The summed E-state index contributed by atoms with van der Waals surface area (Å²) in [6, 6.07) is 18.8. The van der Waals surface area contributed by atoms with Gasteiger partial charge in [-0.05, 0) is 54.3 Å². The Bertz CT molecular complexity index is 1290. The summed E-state index contributed by atoms with van der Waals surface area (Å²) >= 11 is 0. The molecule has 0 saturated carbocycles. The fraction of sp³-hybridized carbons (Fsp3) is 0.286. The minimum atomic E-state index is 0.775. The van der Waals surface area contributed by atoms with Crippen LogP contribution in [0.3, 0.4) is 0 Å². The topological polar surface area (TPSA) is 44.1 Å². The average molecular weight is 444 g/mol. The summed E-state index contributed by atoms with van der Waals surface area (Å²) in [4.78, 5) is 2.44. The van der Waals surface area contributed by atoms with Crippen LogP contribution in [0.5, 0.6) is 17.2 Å². The molecule has 5 rings (SSSR count). The standard InChI is InChI=1S/C28H29NO4/c1-18-28(19-8-6-5-7-9-19)23-15-24(30-2)22(14-25(23)33-18)17-29-11-10-20-12-26(31-3)27(32-4)13-21(20)16-29/h5-9,12-15H,10-11,16-17H2,1-4H3. The minimum absolute atomic E-state index is 0.775. The van der Waals surface area contributed by atoms with Crippen molar-refractivity contribution in [3.8, 4) is 28.4 Å². The Balaban J connectivity index is 1.46. The van der Waals surface area contributed by atoms with Crippen molar-refractivity contribution < 1.29 is 18.6 Å². The van der Waals surface area contributed by atoms with Crippen LogP contribution in [0, 0.1) is 6.92 Å². The highest BCUT2D eigenvalue weighted by atomic mass is 16.5. The third-order valence-corrected chi connectivity index (χ3v) is 6.52. The molecule has 0 fully saturated rings. The Morgan fingerprint density at radius 1 is 0.848 bits per heavy atom. The lowest BCUT2D eigenvalue weighted by atomic mass is 9.97. The number of furan rings is 1. The molecule has 170 valence electrons. The van der Waals surface area contributed by atoms with Gasteiger partial charge in [0.15, 0.2) is 11.5 Å². The zero-order valence-corrected chi connectivity index (χ0v) is 19.6. The zero-order chi connectivity index (χ0) is 22.9. The van der Waals surface area contributed by atoms with Crippen LogP contribution in [-0.4, -0.2) is 32.8 Å². The molecule has 33 heavy (non-hydrogen) atoms. The van der Waals surface area contributed by atoms with E-state index < -0.39 is 0 Å². The van der Waals surface area contributed by atoms with E-state index in [2.05, 4.69) is 53.4 Å². The Kier molecular flexibility index (Phi) is 5.73. The first-order valence-electron chi connectivity index (χ1n) is 11.2. The molecule has 0 radical (unpaired) electrons. The zero-order valence-electron chi connectivity index (χ0n) is 19.6. The monoisotopic (exact) mass is 443 g/mol. The molecule has 0 amide bonds. The van der Waals surface area contributed by atoms with Crippen LogP contribution in [0.1, 0.15) is 22.5 Å². The molecule has 0 spiro atoms. The van der Waals surface area contributed by atoms with Crippen LogP contribution in [0.4, 0.5) is 0 Å². The molecule has 0 N–H and O–H groups in total. The van der Waals surface area contributed by atoms with Gasteiger partial charge in [0, 0.05) is 36.1 Å². The largest absolute Gasteiger partial charge is 0.496 e. The van der Waals surface area contributed by atoms with Crippen LogP contribution in [0.2, 0.25) is 0 Å². The lowest BCUT2D eigenvalue weighted by molar-refractivity contribution is 0.240. The summed E-state index contributed by atoms with van der Waals surface area (Å²) in [5.41, 5.74) is 6.90. The van der Waals surface area contributed by atoms with Gasteiger partial charge in [-0.15, -0.1) is 0 Å². The summed E-state index contributed by atoms with van der Waals surface area (Å²) in [6.45, 7) is 4.63. The van der Waals surface area contributed by atoms with Crippen molar-refractivity contribution in [1.82, 2.24) is 4.90 Å². The van der Waals surface area contributed by atoms with Gasteiger partial charge in [0.05, 0.1) is 21.3 Å². The van der Waals surface area contributed by atoms with E-state index in [4.69, 9.17) is 18.6 Å². The first kappa shape index (κ1) is 21.4. The summed E-state index contributed by atoms with van der Waals surface area (Å²) in [5, 5.41) is 1.08. The van der Waals surface area contributed by atoms with Crippen molar-refractivity contribution in [2.75, 3.05) is 27.9 Å². The van der Waals surface area contributed by atoms with Gasteiger partial charge < -0.3 is 18.6 Å². The molecular weight excluding hydrogens is 414 g/mol. The predicted molar refractivity (Wildman–Crippen MR) is 130 cm³/mol. The normalized spacial score (nSPS) is 13.7. The van der Waals surface area contributed by atoms with Gasteiger partial charge in [0.1, 0.15) is 17.1 Å². The smallest absolute Gasteiger partial charge is 0.161 e. The van der Waals surface area contributed by atoms with Crippen LogP contribution in [0.15, 0.2) is 59.0 Å². The number of methoxy groups -OCH3 is 3. The predicted octanol–water partition coefficient (Wildman–Crippen LogP) is 5.99. The lowest BCUT2D eigenvalue weighted by Crippen LogP contribution is -2.30. The third-order valence-electron chi connectivity index (χ3n) is 6.52. The highest BCUT2D eigenvalue weighted by Crippen LogP contribution is 2.39. The number of nitrogens with zero attached hydrogens (tertiary/aromatic N) is 1. The first-order chi connectivity index (χ1) is 16.1. The van der Waals surface area contributed by atoms with E-state index in [1.54, 1.807) is 21.3 Å². The van der Waals surface area contributed by atoms with E-state index in [9.17, 15) is 0 Å². The molecule has 5 heteroatoms. The molecule has 4 aromatic rings. The molecule has 0 aliphatic carbocycles. The van der Waals surface area contributed by atoms with Crippen LogP contribution >= 0.6 is 0 Å². The van der Waals surface area contributed by atoms with Gasteiger partial charge in [-0.25, -0.2) is 0 Å². The van der Waals surface area contributed by atoms with Crippen LogP contribution in [-0.2, 0) is 19.5 Å². The fourth-order valence-corrected chi connectivity index (χ4v) is 4.88. The number of fused-ring (bicyclic) bond motifs is 2.